The largest absolute Gasteiger partial charge is 0.492 e. The Morgan fingerprint density at radius 2 is 1.71 bits per heavy atom. The van der Waals surface area contributed by atoms with Crippen LogP contribution in [0.2, 0.25) is 0 Å². The summed E-state index contributed by atoms with van der Waals surface area (Å²) >= 11 is 0. The van der Waals surface area contributed by atoms with Crippen molar-refractivity contribution in [2.75, 3.05) is 6.54 Å². The van der Waals surface area contributed by atoms with E-state index >= 15 is 0 Å². The van der Waals surface area contributed by atoms with E-state index in [0.29, 0.717) is 11.0 Å². The standard InChI is InChI=1S/C22H28BNO7/c1-20(2,3)29-19(27)24-12-14(23-30-21(4,5)22(6,7)31-23)11-13-9-8-10-15-16(13)18(26)28-17(15)25/h8-11H,12H2,1-7H3,(H,24,27). The van der Waals surface area contributed by atoms with E-state index < -0.39 is 42.0 Å². The normalized spacial score (nSPS) is 19.8. The van der Waals surface area contributed by atoms with E-state index in [9.17, 15) is 14.4 Å². The lowest BCUT2D eigenvalue weighted by Crippen LogP contribution is -2.41. The van der Waals surface area contributed by atoms with Gasteiger partial charge in [0, 0.05) is 6.54 Å². The highest BCUT2D eigenvalue weighted by Gasteiger charge is 2.52. The Hall–Kier alpha value is -2.65. The summed E-state index contributed by atoms with van der Waals surface area (Å²) in [6, 6.07) is 4.89. The molecule has 1 aromatic carbocycles. The molecule has 9 heteroatoms. The maximum absolute atomic E-state index is 12.2. The molecule has 1 fully saturated rings. The van der Waals surface area contributed by atoms with Crippen LogP contribution in [-0.4, -0.2) is 48.5 Å². The van der Waals surface area contributed by atoms with E-state index in [-0.39, 0.29) is 17.7 Å². The Morgan fingerprint density at radius 3 is 2.29 bits per heavy atom. The van der Waals surface area contributed by atoms with E-state index in [0.717, 1.165) is 0 Å². The highest BCUT2D eigenvalue weighted by Crippen LogP contribution is 2.39. The Bertz CT molecular complexity index is 943. The predicted molar refractivity (Wildman–Crippen MR) is 114 cm³/mol. The number of nitrogens with one attached hydrogen (secondary N) is 1. The lowest BCUT2D eigenvalue weighted by molar-refractivity contribution is 0.00578. The number of carbonyl (C=O) groups excluding carboxylic acids is 3. The summed E-state index contributed by atoms with van der Waals surface area (Å²) in [6.07, 6.45) is 1.08. The minimum atomic E-state index is -0.774. The van der Waals surface area contributed by atoms with Crippen LogP contribution in [0.3, 0.4) is 0 Å². The van der Waals surface area contributed by atoms with Crippen LogP contribution in [0.5, 0.6) is 0 Å². The van der Waals surface area contributed by atoms with Gasteiger partial charge in [0.2, 0.25) is 0 Å². The molecule has 1 aromatic rings. The third kappa shape index (κ3) is 4.83. The Morgan fingerprint density at radius 1 is 1.10 bits per heavy atom. The van der Waals surface area contributed by atoms with Crippen LogP contribution in [0.4, 0.5) is 4.79 Å². The quantitative estimate of drug-likeness (QED) is 0.444. The van der Waals surface area contributed by atoms with Gasteiger partial charge in [-0.3, -0.25) is 0 Å². The van der Waals surface area contributed by atoms with E-state index in [2.05, 4.69) is 5.32 Å². The average molecular weight is 429 g/mol. The lowest BCUT2D eigenvalue weighted by Gasteiger charge is -2.32. The van der Waals surface area contributed by atoms with Gasteiger partial charge in [-0.2, -0.15) is 0 Å². The second kappa shape index (κ2) is 7.80. The third-order valence-corrected chi connectivity index (χ3v) is 5.44. The monoisotopic (exact) mass is 429 g/mol. The molecule has 2 aliphatic rings. The van der Waals surface area contributed by atoms with Crippen LogP contribution in [-0.2, 0) is 18.8 Å². The minimum absolute atomic E-state index is 0.0540. The summed E-state index contributed by atoms with van der Waals surface area (Å²) in [5, 5.41) is 2.71. The first-order valence-electron chi connectivity index (χ1n) is 10.1. The van der Waals surface area contributed by atoms with Gasteiger partial charge < -0.3 is 24.1 Å². The van der Waals surface area contributed by atoms with Gasteiger partial charge in [-0.15, -0.1) is 0 Å². The molecular weight excluding hydrogens is 401 g/mol. The van der Waals surface area contributed by atoms with Crippen LogP contribution in [0.1, 0.15) is 74.7 Å². The summed E-state index contributed by atoms with van der Waals surface area (Å²) in [6.45, 7) is 13.0. The van der Waals surface area contributed by atoms with Crippen LogP contribution in [0.25, 0.3) is 6.08 Å². The van der Waals surface area contributed by atoms with Crippen LogP contribution < -0.4 is 5.32 Å². The van der Waals surface area contributed by atoms with E-state index in [1.54, 1.807) is 39.0 Å². The number of ether oxygens (including phenoxy) is 2. The molecule has 8 nitrogen and oxygen atoms in total. The number of alkyl carbamates (subject to hydrolysis) is 1. The molecule has 0 radical (unpaired) electrons. The predicted octanol–water partition coefficient (Wildman–Crippen LogP) is 3.54. The number of hydrogen-bond acceptors (Lipinski definition) is 7. The van der Waals surface area contributed by atoms with Crippen molar-refractivity contribution in [1.82, 2.24) is 5.32 Å². The summed E-state index contributed by atoms with van der Waals surface area (Å²) in [5.74, 6) is -1.39. The number of amides is 1. The fraction of sp³-hybridized carbons (Fsp3) is 0.500. The van der Waals surface area contributed by atoms with Crippen molar-refractivity contribution in [2.24, 2.45) is 0 Å². The van der Waals surface area contributed by atoms with Gasteiger partial charge in [0.25, 0.3) is 0 Å². The molecule has 0 saturated carbocycles. The van der Waals surface area contributed by atoms with Crippen molar-refractivity contribution in [3.8, 4) is 0 Å². The maximum atomic E-state index is 12.2. The number of hydrogen-bond donors (Lipinski definition) is 1. The molecule has 0 atom stereocenters. The molecule has 0 aliphatic carbocycles. The first-order chi connectivity index (χ1) is 14.2. The Kier molecular flexibility index (Phi) is 5.79. The average Bonchev–Trinajstić information content (AvgIpc) is 3.02. The second-order valence-electron chi connectivity index (χ2n) is 9.61. The van der Waals surface area contributed by atoms with Crippen molar-refractivity contribution in [2.45, 2.75) is 65.3 Å². The molecule has 2 heterocycles. The van der Waals surface area contributed by atoms with Crippen LogP contribution >= 0.6 is 0 Å². The summed E-state index contributed by atoms with van der Waals surface area (Å²) in [4.78, 5) is 36.3. The van der Waals surface area contributed by atoms with Crippen LogP contribution in [0.15, 0.2) is 23.7 Å². The smallest absolute Gasteiger partial charge is 0.444 e. The summed E-state index contributed by atoms with van der Waals surface area (Å²) in [7, 11) is -0.774. The van der Waals surface area contributed by atoms with Gasteiger partial charge in [0.05, 0.1) is 22.3 Å². The molecule has 2 aliphatic heterocycles. The number of fused-ring (bicyclic) bond motifs is 1. The fourth-order valence-electron chi connectivity index (χ4n) is 3.16. The zero-order valence-corrected chi connectivity index (χ0v) is 19.0. The van der Waals surface area contributed by atoms with E-state index in [4.69, 9.17) is 18.8 Å². The molecule has 0 aromatic heterocycles. The topological polar surface area (TPSA) is 100 Å². The van der Waals surface area contributed by atoms with Crippen molar-refractivity contribution in [3.63, 3.8) is 0 Å². The molecule has 1 saturated heterocycles. The maximum Gasteiger partial charge on any atom is 0.492 e. The molecule has 166 valence electrons. The molecular formula is C22H28BNO7. The van der Waals surface area contributed by atoms with Crippen molar-refractivity contribution in [1.29, 1.82) is 0 Å². The highest BCUT2D eigenvalue weighted by molar-refractivity contribution is 6.56. The number of rotatable bonds is 4. The molecule has 31 heavy (non-hydrogen) atoms. The second-order valence-corrected chi connectivity index (χ2v) is 9.61. The third-order valence-electron chi connectivity index (χ3n) is 5.44. The molecule has 3 rings (SSSR count). The van der Waals surface area contributed by atoms with E-state index in [1.807, 2.05) is 27.7 Å². The fourth-order valence-corrected chi connectivity index (χ4v) is 3.16. The van der Waals surface area contributed by atoms with Gasteiger partial charge in [0.15, 0.2) is 0 Å². The zero-order chi connectivity index (χ0) is 23.2. The molecule has 1 amide bonds. The number of esters is 2. The SMILES string of the molecule is CC(C)(C)OC(=O)NCC(=Cc1cccc2c1C(=O)OC2=O)B1OC(C)(C)C(C)(C)O1. The molecule has 0 unspecified atom stereocenters. The summed E-state index contributed by atoms with van der Waals surface area (Å²) < 4.78 is 22.3. The number of cyclic esters (lactones) is 2. The first-order valence-corrected chi connectivity index (χ1v) is 10.1. The summed E-state index contributed by atoms with van der Waals surface area (Å²) in [5.41, 5.74) is -0.435. The van der Waals surface area contributed by atoms with Crippen molar-refractivity contribution in [3.05, 3.63) is 40.4 Å². The number of carbonyl (C=O) groups is 3. The number of benzene rings is 1. The Labute approximate surface area is 182 Å². The van der Waals surface area contributed by atoms with Crippen molar-refractivity contribution < 1.29 is 33.2 Å². The van der Waals surface area contributed by atoms with Crippen molar-refractivity contribution >= 4 is 31.2 Å². The highest BCUT2D eigenvalue weighted by atomic mass is 16.7. The lowest BCUT2D eigenvalue weighted by atomic mass is 9.76. The van der Waals surface area contributed by atoms with E-state index in [1.165, 1.54) is 6.07 Å². The van der Waals surface area contributed by atoms with Gasteiger partial charge in [-0.05, 0) is 65.6 Å². The molecule has 0 bridgehead atoms. The first kappa shape index (κ1) is 23.0. The minimum Gasteiger partial charge on any atom is -0.444 e. The van der Waals surface area contributed by atoms with Crippen LogP contribution in [0, 0.1) is 0 Å². The zero-order valence-electron chi connectivity index (χ0n) is 19.0. The van der Waals surface area contributed by atoms with Gasteiger partial charge in [0.1, 0.15) is 5.60 Å². The Balaban J connectivity index is 1.95. The molecule has 1 N–H and O–H groups in total. The van der Waals surface area contributed by atoms with Gasteiger partial charge >= 0.3 is 25.2 Å². The van der Waals surface area contributed by atoms with Gasteiger partial charge in [-0.1, -0.05) is 18.2 Å². The molecule has 0 spiro atoms. The van der Waals surface area contributed by atoms with Gasteiger partial charge in [-0.25, -0.2) is 14.4 Å².